The Morgan fingerprint density at radius 2 is 2.03 bits per heavy atom. The molecular formula is C21H26BrNO5S2. The van der Waals surface area contributed by atoms with Crippen molar-refractivity contribution in [1.29, 1.82) is 0 Å². The van der Waals surface area contributed by atoms with Gasteiger partial charge in [-0.2, -0.15) is 0 Å². The molecule has 0 spiro atoms. The van der Waals surface area contributed by atoms with Crippen molar-refractivity contribution in [3.63, 3.8) is 0 Å². The molecule has 0 aliphatic carbocycles. The number of ether oxygens (including phenoxy) is 3. The highest BCUT2D eigenvalue weighted by molar-refractivity contribution is 9.10. The first-order chi connectivity index (χ1) is 14.4. The summed E-state index contributed by atoms with van der Waals surface area (Å²) in [6.45, 7) is 5.37. The van der Waals surface area contributed by atoms with Crippen molar-refractivity contribution in [3.8, 4) is 11.5 Å². The third-order valence-electron chi connectivity index (χ3n) is 4.26. The minimum atomic E-state index is -0.382. The summed E-state index contributed by atoms with van der Waals surface area (Å²) in [6, 6.07) is 3.74. The van der Waals surface area contributed by atoms with Gasteiger partial charge in [-0.1, -0.05) is 43.7 Å². The summed E-state index contributed by atoms with van der Waals surface area (Å²) < 4.78 is 17.5. The molecule has 2 rings (SSSR count). The van der Waals surface area contributed by atoms with Crippen LogP contribution in [0.1, 0.15) is 45.1 Å². The molecule has 1 amide bonds. The van der Waals surface area contributed by atoms with Crippen molar-refractivity contribution in [2.24, 2.45) is 0 Å². The van der Waals surface area contributed by atoms with Crippen LogP contribution in [0.15, 0.2) is 21.5 Å². The van der Waals surface area contributed by atoms with Gasteiger partial charge in [0.15, 0.2) is 11.5 Å². The second-order valence-electron chi connectivity index (χ2n) is 6.48. The van der Waals surface area contributed by atoms with Crippen LogP contribution in [0, 0.1) is 0 Å². The maximum atomic E-state index is 12.7. The van der Waals surface area contributed by atoms with Gasteiger partial charge in [0.2, 0.25) is 0 Å². The van der Waals surface area contributed by atoms with Gasteiger partial charge in [-0.15, -0.1) is 0 Å². The summed E-state index contributed by atoms with van der Waals surface area (Å²) >= 11 is 10.1. The Bertz CT molecular complexity index is 828. The maximum Gasteiger partial charge on any atom is 0.307 e. The number of methoxy groups -OCH3 is 1. The van der Waals surface area contributed by atoms with E-state index in [1.807, 2.05) is 19.1 Å². The van der Waals surface area contributed by atoms with Crippen LogP contribution in [-0.4, -0.2) is 48.0 Å². The Kier molecular flexibility index (Phi) is 10.1. The van der Waals surface area contributed by atoms with Gasteiger partial charge in [0.05, 0.1) is 36.1 Å². The van der Waals surface area contributed by atoms with Crippen molar-refractivity contribution in [2.45, 2.75) is 39.5 Å². The zero-order valence-electron chi connectivity index (χ0n) is 17.4. The minimum absolute atomic E-state index is 0.0975. The molecule has 6 nitrogen and oxygen atoms in total. The maximum absolute atomic E-state index is 12.7. The fraction of sp³-hybridized carbons (Fsp3) is 0.476. The highest BCUT2D eigenvalue weighted by atomic mass is 79.9. The van der Waals surface area contributed by atoms with Gasteiger partial charge in [-0.05, 0) is 53.0 Å². The normalized spacial score (nSPS) is 15.1. The molecule has 1 saturated heterocycles. The van der Waals surface area contributed by atoms with Gasteiger partial charge in [-0.3, -0.25) is 14.5 Å². The predicted molar refractivity (Wildman–Crippen MR) is 127 cm³/mol. The topological polar surface area (TPSA) is 65.1 Å². The van der Waals surface area contributed by atoms with Gasteiger partial charge >= 0.3 is 5.97 Å². The number of carbonyl (C=O) groups excluding carboxylic acids is 2. The molecule has 0 unspecified atom stereocenters. The van der Waals surface area contributed by atoms with Crippen LogP contribution < -0.4 is 9.47 Å². The number of thioether (sulfide) groups is 1. The molecule has 1 heterocycles. The molecule has 1 aliphatic heterocycles. The minimum Gasteiger partial charge on any atom is -0.490 e. The number of thiocarbonyl (C=S) groups is 1. The SMILES string of the molecule is CCCCCOc1c(Br)cc(/C=C2\SC(=S)N(CCC(=O)OC)C2=O)cc1OCC. The van der Waals surface area contributed by atoms with Crippen molar-refractivity contribution in [1.82, 2.24) is 4.90 Å². The van der Waals surface area contributed by atoms with Gasteiger partial charge in [-0.25, -0.2) is 0 Å². The molecule has 0 saturated carbocycles. The molecule has 9 heteroatoms. The van der Waals surface area contributed by atoms with E-state index >= 15 is 0 Å². The molecule has 0 N–H and O–H groups in total. The van der Waals surface area contributed by atoms with E-state index in [2.05, 4.69) is 27.6 Å². The number of hydrogen-bond donors (Lipinski definition) is 0. The first kappa shape index (κ1) is 24.7. The summed E-state index contributed by atoms with van der Waals surface area (Å²) in [7, 11) is 1.32. The van der Waals surface area contributed by atoms with Crippen LogP contribution in [0.3, 0.4) is 0 Å². The third kappa shape index (κ3) is 6.72. The fourth-order valence-electron chi connectivity index (χ4n) is 2.75. The lowest BCUT2D eigenvalue weighted by Gasteiger charge is -2.15. The molecule has 164 valence electrons. The molecule has 1 fully saturated rings. The van der Waals surface area contributed by atoms with Crippen LogP contribution in [0.25, 0.3) is 6.08 Å². The lowest BCUT2D eigenvalue weighted by molar-refractivity contribution is -0.140. The number of esters is 1. The number of unbranched alkanes of at least 4 members (excludes halogenated alkanes) is 2. The van der Waals surface area contributed by atoms with Crippen molar-refractivity contribution in [3.05, 3.63) is 27.1 Å². The zero-order valence-corrected chi connectivity index (χ0v) is 20.6. The van der Waals surface area contributed by atoms with E-state index in [-0.39, 0.29) is 24.8 Å². The molecule has 1 aromatic rings. The number of carbonyl (C=O) groups is 2. The molecule has 0 bridgehead atoms. The quantitative estimate of drug-likeness (QED) is 0.174. The number of amides is 1. The number of nitrogens with zero attached hydrogens (tertiary/aromatic N) is 1. The smallest absolute Gasteiger partial charge is 0.307 e. The summed E-state index contributed by atoms with van der Waals surface area (Å²) in [5, 5.41) is 0. The molecule has 1 aliphatic rings. The van der Waals surface area contributed by atoms with Gasteiger partial charge in [0.25, 0.3) is 5.91 Å². The molecule has 0 radical (unpaired) electrons. The average Bonchev–Trinajstić information content (AvgIpc) is 2.97. The van der Waals surface area contributed by atoms with Crippen LogP contribution >= 0.6 is 39.9 Å². The molecule has 30 heavy (non-hydrogen) atoms. The Morgan fingerprint density at radius 1 is 1.27 bits per heavy atom. The average molecular weight is 516 g/mol. The molecule has 1 aromatic carbocycles. The van der Waals surface area contributed by atoms with Gasteiger partial charge < -0.3 is 14.2 Å². The van der Waals surface area contributed by atoms with E-state index in [0.29, 0.717) is 33.9 Å². The van der Waals surface area contributed by atoms with E-state index in [4.69, 9.17) is 21.7 Å². The largest absolute Gasteiger partial charge is 0.490 e. The lowest BCUT2D eigenvalue weighted by atomic mass is 10.1. The lowest BCUT2D eigenvalue weighted by Crippen LogP contribution is -2.30. The molecule has 0 atom stereocenters. The van der Waals surface area contributed by atoms with E-state index in [9.17, 15) is 9.59 Å². The second kappa shape index (κ2) is 12.3. The predicted octanol–water partition coefficient (Wildman–Crippen LogP) is 5.18. The Hall–Kier alpha value is -1.58. The third-order valence-corrected chi connectivity index (χ3v) is 6.23. The second-order valence-corrected chi connectivity index (χ2v) is 9.01. The highest BCUT2D eigenvalue weighted by Crippen LogP contribution is 2.39. The van der Waals surface area contributed by atoms with E-state index in [1.54, 1.807) is 6.08 Å². The van der Waals surface area contributed by atoms with Gasteiger partial charge in [0.1, 0.15) is 4.32 Å². The summed E-state index contributed by atoms with van der Waals surface area (Å²) in [5.74, 6) is 0.683. The van der Waals surface area contributed by atoms with Crippen LogP contribution in [0.4, 0.5) is 0 Å². The van der Waals surface area contributed by atoms with E-state index < -0.39 is 0 Å². The number of hydrogen-bond acceptors (Lipinski definition) is 7. The monoisotopic (exact) mass is 515 g/mol. The van der Waals surface area contributed by atoms with E-state index in [0.717, 1.165) is 29.3 Å². The standard InChI is InChI=1S/C21H26BrNO5S2/c1-4-6-7-10-28-19-15(22)11-14(12-16(19)27-5-2)13-17-20(25)23(21(29)30-17)9-8-18(24)26-3/h11-13H,4-10H2,1-3H3/b17-13-. The number of halogens is 1. The first-order valence-corrected chi connectivity index (χ1v) is 11.8. The van der Waals surface area contributed by atoms with Crippen molar-refractivity contribution < 1.29 is 23.8 Å². The summed E-state index contributed by atoms with van der Waals surface area (Å²) in [4.78, 5) is 26.0. The van der Waals surface area contributed by atoms with Crippen LogP contribution in [-0.2, 0) is 14.3 Å². The zero-order chi connectivity index (χ0) is 22.1. The summed E-state index contributed by atoms with van der Waals surface area (Å²) in [6.07, 6.45) is 5.08. The Morgan fingerprint density at radius 3 is 2.70 bits per heavy atom. The van der Waals surface area contributed by atoms with E-state index in [1.165, 1.54) is 23.8 Å². The summed E-state index contributed by atoms with van der Waals surface area (Å²) in [5.41, 5.74) is 0.791. The number of benzene rings is 1. The fourth-order valence-corrected chi connectivity index (χ4v) is 4.63. The molecular weight excluding hydrogens is 490 g/mol. The van der Waals surface area contributed by atoms with Gasteiger partial charge in [0, 0.05) is 6.54 Å². The highest BCUT2D eigenvalue weighted by Gasteiger charge is 2.32. The Balaban J connectivity index is 2.20. The van der Waals surface area contributed by atoms with Crippen LogP contribution in [0.2, 0.25) is 0 Å². The van der Waals surface area contributed by atoms with Crippen LogP contribution in [0.5, 0.6) is 11.5 Å². The first-order valence-electron chi connectivity index (χ1n) is 9.82. The Labute approximate surface area is 195 Å². The molecule has 0 aromatic heterocycles. The number of rotatable bonds is 11. The van der Waals surface area contributed by atoms with Crippen molar-refractivity contribution >= 4 is 62.2 Å². The van der Waals surface area contributed by atoms with Crippen molar-refractivity contribution in [2.75, 3.05) is 26.9 Å².